The van der Waals surface area contributed by atoms with Crippen LogP contribution in [-0.2, 0) is 0 Å². The minimum Gasteiger partial charge on any atom is -0.457 e. The second-order valence-corrected chi connectivity index (χ2v) is 3.54. The maximum Gasteiger partial charge on any atom is 0.136 e. The van der Waals surface area contributed by atoms with Gasteiger partial charge < -0.3 is 10.1 Å². The molecule has 2 aromatic rings. The number of hydrogen-bond acceptors (Lipinski definition) is 2. The van der Waals surface area contributed by atoms with Gasteiger partial charge in [0, 0.05) is 11.3 Å². The number of ether oxygens (including phenoxy) is 1. The molecule has 80 valence electrons. The maximum absolute atomic E-state index is 7.66. The Bertz CT molecular complexity index is 491. The average molecular weight is 211 g/mol. The maximum atomic E-state index is 7.66. The zero-order valence-electron chi connectivity index (χ0n) is 9.10. The van der Waals surface area contributed by atoms with Crippen molar-refractivity contribution in [2.24, 2.45) is 0 Å². The van der Waals surface area contributed by atoms with E-state index in [1.807, 2.05) is 54.6 Å². The number of para-hydroxylation sites is 2. The van der Waals surface area contributed by atoms with Crippen LogP contribution in [0.25, 0.3) is 0 Å². The quantitative estimate of drug-likeness (QED) is 0.768. The Balaban J connectivity index is 2.31. The van der Waals surface area contributed by atoms with Crippen LogP contribution in [0.15, 0.2) is 54.6 Å². The van der Waals surface area contributed by atoms with Gasteiger partial charge in [0.1, 0.15) is 11.5 Å². The van der Waals surface area contributed by atoms with Gasteiger partial charge in [0.2, 0.25) is 0 Å². The molecular formula is C14H13NO. The third-order valence-electron chi connectivity index (χ3n) is 2.26. The van der Waals surface area contributed by atoms with Crippen molar-refractivity contribution >= 4 is 5.71 Å². The highest BCUT2D eigenvalue weighted by Crippen LogP contribution is 2.24. The summed E-state index contributed by atoms with van der Waals surface area (Å²) in [4.78, 5) is 0. The van der Waals surface area contributed by atoms with Crippen molar-refractivity contribution in [2.75, 3.05) is 0 Å². The van der Waals surface area contributed by atoms with Crippen molar-refractivity contribution < 1.29 is 4.74 Å². The van der Waals surface area contributed by atoms with Crippen molar-refractivity contribution in [3.8, 4) is 11.5 Å². The van der Waals surface area contributed by atoms with Gasteiger partial charge in [-0.3, -0.25) is 0 Å². The first kappa shape index (κ1) is 10.4. The summed E-state index contributed by atoms with van der Waals surface area (Å²) in [5.74, 6) is 1.51. The van der Waals surface area contributed by atoms with Crippen molar-refractivity contribution in [1.29, 1.82) is 5.41 Å². The molecule has 0 radical (unpaired) electrons. The average Bonchev–Trinajstić information content (AvgIpc) is 2.31. The summed E-state index contributed by atoms with van der Waals surface area (Å²) in [6.45, 7) is 1.76. The standard InChI is InChI=1S/C14H13NO/c1-11(15)13-9-5-6-10-14(13)16-12-7-3-2-4-8-12/h2-10,15H,1H3. The molecule has 0 bridgehead atoms. The Morgan fingerprint density at radius 3 is 2.25 bits per heavy atom. The van der Waals surface area contributed by atoms with Crippen LogP contribution in [-0.4, -0.2) is 5.71 Å². The molecule has 2 rings (SSSR count). The van der Waals surface area contributed by atoms with E-state index < -0.39 is 0 Å². The van der Waals surface area contributed by atoms with Crippen LogP contribution in [0, 0.1) is 5.41 Å². The zero-order valence-corrected chi connectivity index (χ0v) is 9.10. The van der Waals surface area contributed by atoms with E-state index >= 15 is 0 Å². The Labute approximate surface area is 95.0 Å². The molecule has 0 fully saturated rings. The molecule has 0 unspecified atom stereocenters. The molecule has 1 N–H and O–H groups in total. The molecule has 0 amide bonds. The monoisotopic (exact) mass is 211 g/mol. The smallest absolute Gasteiger partial charge is 0.136 e. The Morgan fingerprint density at radius 1 is 0.938 bits per heavy atom. The van der Waals surface area contributed by atoms with E-state index in [1.54, 1.807) is 6.92 Å². The summed E-state index contributed by atoms with van der Waals surface area (Å²) in [6, 6.07) is 17.2. The van der Waals surface area contributed by atoms with Gasteiger partial charge in [-0.05, 0) is 31.2 Å². The highest BCUT2D eigenvalue weighted by molar-refractivity contribution is 5.98. The van der Waals surface area contributed by atoms with Crippen LogP contribution in [0.3, 0.4) is 0 Å². The number of rotatable bonds is 3. The van der Waals surface area contributed by atoms with E-state index in [9.17, 15) is 0 Å². The Kier molecular flexibility index (Phi) is 3.01. The fraction of sp³-hybridized carbons (Fsp3) is 0.0714. The van der Waals surface area contributed by atoms with E-state index in [1.165, 1.54) is 0 Å². The SMILES string of the molecule is CC(=N)c1ccccc1Oc1ccccc1. The third-order valence-corrected chi connectivity index (χ3v) is 2.26. The molecule has 0 aromatic heterocycles. The second kappa shape index (κ2) is 4.62. The highest BCUT2D eigenvalue weighted by atomic mass is 16.5. The van der Waals surface area contributed by atoms with Gasteiger partial charge in [-0.1, -0.05) is 30.3 Å². The van der Waals surface area contributed by atoms with Gasteiger partial charge in [-0.15, -0.1) is 0 Å². The van der Waals surface area contributed by atoms with Gasteiger partial charge >= 0.3 is 0 Å². The predicted molar refractivity (Wildman–Crippen MR) is 65.5 cm³/mol. The van der Waals surface area contributed by atoms with Gasteiger partial charge in [-0.25, -0.2) is 0 Å². The van der Waals surface area contributed by atoms with E-state index in [4.69, 9.17) is 10.1 Å². The summed E-state index contributed by atoms with van der Waals surface area (Å²) < 4.78 is 5.73. The third kappa shape index (κ3) is 2.28. The van der Waals surface area contributed by atoms with Gasteiger partial charge in [0.15, 0.2) is 0 Å². The first-order chi connectivity index (χ1) is 7.77. The molecule has 0 atom stereocenters. The van der Waals surface area contributed by atoms with E-state index in [2.05, 4.69) is 0 Å². The van der Waals surface area contributed by atoms with Crippen LogP contribution in [0.5, 0.6) is 11.5 Å². The number of benzene rings is 2. The molecule has 16 heavy (non-hydrogen) atoms. The first-order valence-corrected chi connectivity index (χ1v) is 5.15. The molecular weight excluding hydrogens is 198 g/mol. The van der Waals surface area contributed by atoms with E-state index in [0.717, 1.165) is 17.1 Å². The molecule has 0 saturated carbocycles. The predicted octanol–water partition coefficient (Wildman–Crippen LogP) is 3.87. The largest absolute Gasteiger partial charge is 0.457 e. The van der Waals surface area contributed by atoms with E-state index in [-0.39, 0.29) is 0 Å². The normalized spacial score (nSPS) is 9.81. The number of hydrogen-bond donors (Lipinski definition) is 1. The van der Waals surface area contributed by atoms with Gasteiger partial charge in [0.05, 0.1) is 0 Å². The lowest BCUT2D eigenvalue weighted by Gasteiger charge is -2.09. The molecule has 2 aromatic carbocycles. The first-order valence-electron chi connectivity index (χ1n) is 5.15. The summed E-state index contributed by atoms with van der Waals surface area (Å²) in [7, 11) is 0. The van der Waals surface area contributed by atoms with Crippen LogP contribution < -0.4 is 4.74 Å². The molecule has 0 aliphatic heterocycles. The number of nitrogens with one attached hydrogen (secondary N) is 1. The van der Waals surface area contributed by atoms with Crippen molar-refractivity contribution in [1.82, 2.24) is 0 Å². The fourth-order valence-corrected chi connectivity index (χ4v) is 1.48. The minimum absolute atomic E-state index is 0.506. The Hall–Kier alpha value is -2.09. The van der Waals surface area contributed by atoms with Crippen LogP contribution >= 0.6 is 0 Å². The molecule has 2 nitrogen and oxygen atoms in total. The molecule has 0 aliphatic carbocycles. The van der Waals surface area contributed by atoms with Gasteiger partial charge in [-0.2, -0.15) is 0 Å². The lowest BCUT2D eigenvalue weighted by atomic mass is 10.1. The lowest BCUT2D eigenvalue weighted by molar-refractivity contribution is 0.481. The molecule has 0 heterocycles. The molecule has 2 heteroatoms. The van der Waals surface area contributed by atoms with Crippen LogP contribution in [0.1, 0.15) is 12.5 Å². The highest BCUT2D eigenvalue weighted by Gasteiger charge is 2.05. The lowest BCUT2D eigenvalue weighted by Crippen LogP contribution is -1.96. The zero-order chi connectivity index (χ0) is 11.4. The summed E-state index contributed by atoms with van der Waals surface area (Å²) in [6.07, 6.45) is 0. The van der Waals surface area contributed by atoms with E-state index in [0.29, 0.717) is 5.71 Å². The summed E-state index contributed by atoms with van der Waals surface area (Å²) in [5, 5.41) is 7.66. The topological polar surface area (TPSA) is 33.1 Å². The fourth-order valence-electron chi connectivity index (χ4n) is 1.48. The molecule has 0 spiro atoms. The second-order valence-electron chi connectivity index (χ2n) is 3.54. The molecule has 0 aliphatic rings. The van der Waals surface area contributed by atoms with Crippen LogP contribution in [0.4, 0.5) is 0 Å². The summed E-state index contributed by atoms with van der Waals surface area (Å²) >= 11 is 0. The molecule has 0 saturated heterocycles. The van der Waals surface area contributed by atoms with Crippen molar-refractivity contribution in [2.45, 2.75) is 6.92 Å². The Morgan fingerprint density at radius 2 is 1.56 bits per heavy atom. The van der Waals surface area contributed by atoms with Crippen LogP contribution in [0.2, 0.25) is 0 Å². The van der Waals surface area contributed by atoms with Gasteiger partial charge in [0.25, 0.3) is 0 Å². The van der Waals surface area contributed by atoms with Crippen molar-refractivity contribution in [3.05, 3.63) is 60.2 Å². The summed E-state index contributed by atoms with van der Waals surface area (Å²) in [5.41, 5.74) is 1.33. The van der Waals surface area contributed by atoms with Crippen molar-refractivity contribution in [3.63, 3.8) is 0 Å². The minimum atomic E-state index is 0.506.